The number of carbonyl (C=O) groups is 1. The molecule has 76 valence electrons. The van der Waals surface area contributed by atoms with Crippen LogP contribution in [-0.2, 0) is 4.79 Å². The van der Waals surface area contributed by atoms with Crippen molar-refractivity contribution >= 4 is 16.8 Å². The van der Waals surface area contributed by atoms with Crippen molar-refractivity contribution in [3.8, 4) is 5.75 Å². The first-order valence-electron chi connectivity index (χ1n) is 4.52. The van der Waals surface area contributed by atoms with Gasteiger partial charge in [-0.1, -0.05) is 19.1 Å². The highest BCUT2D eigenvalue weighted by Crippen LogP contribution is 2.24. The molecule has 0 saturated carbocycles. The molecule has 0 saturated heterocycles. The lowest BCUT2D eigenvalue weighted by Gasteiger charge is -2.10. The Bertz CT molecular complexity index is 306. The molecule has 0 fully saturated rings. The van der Waals surface area contributed by atoms with Crippen LogP contribution in [0, 0.1) is 0 Å². The average Bonchev–Trinajstić information content (AvgIpc) is 2.19. The predicted molar refractivity (Wildman–Crippen MR) is 56.9 cm³/mol. The molecule has 0 heterocycles. The largest absolute Gasteiger partial charge is 0.497 e. The van der Waals surface area contributed by atoms with Gasteiger partial charge in [0.15, 0.2) is 0 Å². The topological polar surface area (TPSA) is 26.3 Å². The fourth-order valence-corrected chi connectivity index (χ4v) is 1.64. The highest BCUT2D eigenvalue weighted by atomic mass is 35.5. The zero-order chi connectivity index (χ0) is 10.6. The minimum Gasteiger partial charge on any atom is -0.497 e. The van der Waals surface area contributed by atoms with E-state index in [4.69, 9.17) is 16.3 Å². The summed E-state index contributed by atoms with van der Waals surface area (Å²) in [5.74, 6) is 0.577. The van der Waals surface area contributed by atoms with Crippen LogP contribution >= 0.6 is 11.6 Å². The second-order valence-electron chi connectivity index (χ2n) is 3.04. The van der Waals surface area contributed by atoms with Crippen LogP contribution in [0.4, 0.5) is 0 Å². The molecule has 0 aliphatic rings. The molecule has 0 aromatic heterocycles. The number of benzene rings is 1. The zero-order valence-electron chi connectivity index (χ0n) is 8.29. The Morgan fingerprint density at radius 3 is 2.36 bits per heavy atom. The number of methoxy groups -OCH3 is 1. The predicted octanol–water partition coefficient (Wildman–Crippen LogP) is 2.95. The van der Waals surface area contributed by atoms with Crippen molar-refractivity contribution in [2.75, 3.05) is 7.11 Å². The van der Waals surface area contributed by atoms with Crippen LogP contribution in [0.5, 0.6) is 5.75 Å². The Kier molecular flexibility index (Phi) is 3.96. The van der Waals surface area contributed by atoms with E-state index in [0.29, 0.717) is 6.42 Å². The minimum absolute atomic E-state index is 0.206. The lowest BCUT2D eigenvalue weighted by atomic mass is 9.98. The molecule has 2 nitrogen and oxygen atoms in total. The van der Waals surface area contributed by atoms with E-state index in [1.807, 2.05) is 31.2 Å². The van der Waals surface area contributed by atoms with Crippen LogP contribution in [0.1, 0.15) is 24.8 Å². The van der Waals surface area contributed by atoms with E-state index >= 15 is 0 Å². The summed E-state index contributed by atoms with van der Waals surface area (Å²) in [5, 5.41) is -0.308. The Balaban J connectivity index is 2.89. The van der Waals surface area contributed by atoms with Crippen molar-refractivity contribution in [3.05, 3.63) is 29.8 Å². The molecule has 14 heavy (non-hydrogen) atoms. The lowest BCUT2D eigenvalue weighted by molar-refractivity contribution is -0.113. The van der Waals surface area contributed by atoms with E-state index in [-0.39, 0.29) is 11.2 Å². The molecule has 0 amide bonds. The van der Waals surface area contributed by atoms with Crippen LogP contribution in [0.3, 0.4) is 0 Å². The second-order valence-corrected chi connectivity index (χ2v) is 3.41. The molecule has 0 spiro atoms. The van der Waals surface area contributed by atoms with Crippen molar-refractivity contribution < 1.29 is 9.53 Å². The van der Waals surface area contributed by atoms with E-state index in [9.17, 15) is 4.79 Å². The van der Waals surface area contributed by atoms with Crippen molar-refractivity contribution in [3.63, 3.8) is 0 Å². The summed E-state index contributed by atoms with van der Waals surface area (Å²) in [4.78, 5) is 11.1. The Morgan fingerprint density at radius 1 is 1.43 bits per heavy atom. The fraction of sp³-hybridized carbons (Fsp3) is 0.364. The summed E-state index contributed by atoms with van der Waals surface area (Å²) in [6.07, 6.45) is 0.717. The van der Waals surface area contributed by atoms with Gasteiger partial charge in [0.05, 0.1) is 13.0 Å². The van der Waals surface area contributed by atoms with Crippen LogP contribution in [0.25, 0.3) is 0 Å². The van der Waals surface area contributed by atoms with Gasteiger partial charge in [-0.3, -0.25) is 4.79 Å². The van der Waals surface area contributed by atoms with E-state index in [1.54, 1.807) is 7.11 Å². The van der Waals surface area contributed by atoms with Gasteiger partial charge in [-0.25, -0.2) is 0 Å². The third-order valence-electron chi connectivity index (χ3n) is 2.20. The normalized spacial score (nSPS) is 12.2. The number of hydrogen-bond acceptors (Lipinski definition) is 2. The fourth-order valence-electron chi connectivity index (χ4n) is 1.36. The first-order chi connectivity index (χ1) is 6.69. The Morgan fingerprint density at radius 2 is 2.00 bits per heavy atom. The molecule has 0 aliphatic carbocycles. The maximum atomic E-state index is 11.1. The summed E-state index contributed by atoms with van der Waals surface area (Å²) >= 11 is 5.48. The van der Waals surface area contributed by atoms with Gasteiger partial charge in [-0.05, 0) is 35.7 Å². The van der Waals surface area contributed by atoms with Crippen LogP contribution in [-0.4, -0.2) is 12.4 Å². The molecule has 1 rings (SSSR count). The highest BCUT2D eigenvalue weighted by molar-refractivity contribution is 6.64. The standard InChI is InChI=1S/C11H13ClO2/c1-3-10(11(12)13)8-4-6-9(14-2)7-5-8/h4-7,10H,3H2,1-2H3. The second kappa shape index (κ2) is 5.01. The number of rotatable bonds is 4. The van der Waals surface area contributed by atoms with Crippen molar-refractivity contribution in [1.29, 1.82) is 0 Å². The van der Waals surface area contributed by atoms with Crippen molar-refractivity contribution in [1.82, 2.24) is 0 Å². The van der Waals surface area contributed by atoms with Gasteiger partial charge in [0.2, 0.25) is 5.24 Å². The molecular formula is C11H13ClO2. The highest BCUT2D eigenvalue weighted by Gasteiger charge is 2.15. The van der Waals surface area contributed by atoms with Gasteiger partial charge in [-0.2, -0.15) is 0 Å². The van der Waals surface area contributed by atoms with Gasteiger partial charge < -0.3 is 4.74 Å². The molecule has 0 N–H and O–H groups in total. The smallest absolute Gasteiger partial charge is 0.229 e. The molecule has 3 heteroatoms. The van der Waals surface area contributed by atoms with Gasteiger partial charge in [0.25, 0.3) is 0 Å². The van der Waals surface area contributed by atoms with Crippen LogP contribution in [0.15, 0.2) is 24.3 Å². The van der Waals surface area contributed by atoms with Gasteiger partial charge >= 0.3 is 0 Å². The van der Waals surface area contributed by atoms with Gasteiger partial charge in [0.1, 0.15) is 5.75 Å². The van der Waals surface area contributed by atoms with E-state index in [0.717, 1.165) is 11.3 Å². The molecule has 1 aromatic rings. The van der Waals surface area contributed by atoms with E-state index in [2.05, 4.69) is 0 Å². The number of ether oxygens (including phenoxy) is 1. The van der Waals surface area contributed by atoms with Crippen LogP contribution in [0.2, 0.25) is 0 Å². The van der Waals surface area contributed by atoms with E-state index in [1.165, 1.54) is 0 Å². The molecular weight excluding hydrogens is 200 g/mol. The first-order valence-corrected chi connectivity index (χ1v) is 4.90. The first kappa shape index (κ1) is 11.1. The molecule has 1 unspecified atom stereocenters. The minimum atomic E-state index is -0.308. The quantitative estimate of drug-likeness (QED) is 0.718. The van der Waals surface area contributed by atoms with Gasteiger partial charge in [-0.15, -0.1) is 0 Å². The lowest BCUT2D eigenvalue weighted by Crippen LogP contribution is -2.04. The molecule has 1 atom stereocenters. The summed E-state index contributed by atoms with van der Waals surface area (Å²) in [7, 11) is 1.61. The number of hydrogen-bond donors (Lipinski definition) is 0. The zero-order valence-corrected chi connectivity index (χ0v) is 9.04. The van der Waals surface area contributed by atoms with Crippen LogP contribution < -0.4 is 4.74 Å². The third kappa shape index (κ3) is 2.48. The molecule has 0 radical (unpaired) electrons. The number of carbonyl (C=O) groups excluding carboxylic acids is 1. The molecule has 0 bridgehead atoms. The maximum Gasteiger partial charge on any atom is 0.229 e. The Hall–Kier alpha value is -1.02. The van der Waals surface area contributed by atoms with E-state index < -0.39 is 0 Å². The Labute approximate surface area is 88.8 Å². The molecule has 1 aromatic carbocycles. The van der Waals surface area contributed by atoms with Gasteiger partial charge in [0, 0.05) is 0 Å². The molecule has 0 aliphatic heterocycles. The summed E-state index contributed by atoms with van der Waals surface area (Å²) in [6, 6.07) is 7.40. The summed E-state index contributed by atoms with van der Waals surface area (Å²) < 4.78 is 5.03. The summed E-state index contributed by atoms with van der Waals surface area (Å²) in [6.45, 7) is 1.94. The third-order valence-corrected chi connectivity index (χ3v) is 2.46. The monoisotopic (exact) mass is 212 g/mol. The summed E-state index contributed by atoms with van der Waals surface area (Å²) in [5.41, 5.74) is 0.938. The van der Waals surface area contributed by atoms with Crippen molar-refractivity contribution in [2.45, 2.75) is 19.3 Å². The maximum absolute atomic E-state index is 11.1. The average molecular weight is 213 g/mol. The SMILES string of the molecule is CCC(C(=O)Cl)c1ccc(OC)cc1. The number of halogens is 1. The van der Waals surface area contributed by atoms with Crippen molar-refractivity contribution in [2.24, 2.45) is 0 Å².